The third kappa shape index (κ3) is 2.22. The molecule has 2 heteroatoms. The molecule has 1 nitrogen and oxygen atoms in total. The average molecular weight is 275 g/mol. The van der Waals surface area contributed by atoms with Crippen LogP contribution in [0.5, 0.6) is 0 Å². The van der Waals surface area contributed by atoms with E-state index in [9.17, 15) is 4.79 Å². The Hall–Kier alpha value is -1.41. The van der Waals surface area contributed by atoms with Gasteiger partial charge in [-0.3, -0.25) is 0 Å². The molecule has 0 aliphatic rings. The Bertz CT molecular complexity index is 479. The zero-order valence-corrected chi connectivity index (χ0v) is 10.2. The molecule has 2 aromatic carbocycles. The molecule has 2 aromatic rings. The fourth-order valence-corrected chi connectivity index (χ4v) is 2.09. The van der Waals surface area contributed by atoms with E-state index in [1.807, 2.05) is 54.6 Å². The van der Waals surface area contributed by atoms with Gasteiger partial charge < -0.3 is 4.79 Å². The first-order valence-electron chi connectivity index (χ1n) is 5.06. The highest BCUT2D eigenvalue weighted by Crippen LogP contribution is 2.31. The number of alkyl halides is 1. The van der Waals surface area contributed by atoms with Gasteiger partial charge in [-0.15, -0.1) is 0 Å². The number of hydrogen-bond acceptors (Lipinski definition) is 1. The van der Waals surface area contributed by atoms with E-state index >= 15 is 0 Å². The van der Waals surface area contributed by atoms with Crippen LogP contribution >= 0.6 is 15.9 Å². The van der Waals surface area contributed by atoms with Gasteiger partial charge in [0.2, 0.25) is 0 Å². The van der Waals surface area contributed by atoms with Crippen LogP contribution in [-0.4, -0.2) is 6.29 Å². The van der Waals surface area contributed by atoms with Gasteiger partial charge in [0, 0.05) is 0 Å². The van der Waals surface area contributed by atoms with Crippen LogP contribution < -0.4 is 0 Å². The van der Waals surface area contributed by atoms with Gasteiger partial charge in [-0.2, -0.15) is 0 Å². The van der Waals surface area contributed by atoms with E-state index in [4.69, 9.17) is 0 Å². The monoisotopic (exact) mass is 274 g/mol. The maximum Gasteiger partial charge on any atom is 0.138 e. The Morgan fingerprint density at radius 3 is 2.25 bits per heavy atom. The van der Waals surface area contributed by atoms with Crippen molar-refractivity contribution in [1.29, 1.82) is 0 Å². The highest BCUT2D eigenvalue weighted by atomic mass is 79.9. The summed E-state index contributed by atoms with van der Waals surface area (Å²) in [4.78, 5) is 10.6. The minimum Gasteiger partial charge on any atom is -0.302 e. The summed E-state index contributed by atoms with van der Waals surface area (Å²) in [5.74, 6) is 0. The number of halogens is 1. The van der Waals surface area contributed by atoms with Gasteiger partial charge in [-0.05, 0) is 16.7 Å². The van der Waals surface area contributed by atoms with Crippen LogP contribution in [0, 0.1) is 0 Å². The number of carbonyl (C=O) groups excluding carboxylic acids is 1. The van der Waals surface area contributed by atoms with Crippen molar-refractivity contribution in [3.63, 3.8) is 0 Å². The van der Waals surface area contributed by atoms with E-state index < -0.39 is 0 Å². The first-order chi connectivity index (χ1) is 7.83. The first-order valence-corrected chi connectivity index (χ1v) is 5.98. The van der Waals surface area contributed by atoms with E-state index in [0.29, 0.717) is 0 Å². The van der Waals surface area contributed by atoms with Crippen molar-refractivity contribution in [3.05, 3.63) is 60.2 Å². The van der Waals surface area contributed by atoms with Gasteiger partial charge >= 0.3 is 0 Å². The molecule has 0 saturated carbocycles. The van der Waals surface area contributed by atoms with Crippen LogP contribution in [0.3, 0.4) is 0 Å². The zero-order valence-electron chi connectivity index (χ0n) is 8.64. The molecule has 0 radical (unpaired) electrons. The van der Waals surface area contributed by atoms with E-state index in [-0.39, 0.29) is 4.83 Å². The molecular formula is C14H11BrO. The molecule has 0 heterocycles. The fourth-order valence-electron chi connectivity index (χ4n) is 1.69. The first kappa shape index (κ1) is 11.1. The van der Waals surface area contributed by atoms with Gasteiger partial charge in [-0.25, -0.2) is 0 Å². The van der Waals surface area contributed by atoms with Gasteiger partial charge in [0.15, 0.2) is 0 Å². The lowest BCUT2D eigenvalue weighted by molar-refractivity contribution is -0.107. The summed E-state index contributed by atoms with van der Waals surface area (Å²) in [7, 11) is 0. The third-order valence-electron chi connectivity index (χ3n) is 2.46. The normalized spacial score (nSPS) is 12.1. The second-order valence-corrected chi connectivity index (χ2v) is 4.48. The smallest absolute Gasteiger partial charge is 0.138 e. The van der Waals surface area contributed by atoms with Crippen LogP contribution in [-0.2, 0) is 4.79 Å². The molecule has 0 amide bonds. The summed E-state index contributed by atoms with van der Waals surface area (Å²) in [5, 5.41) is 0. The zero-order chi connectivity index (χ0) is 11.4. The van der Waals surface area contributed by atoms with Crippen molar-refractivity contribution < 1.29 is 4.79 Å². The van der Waals surface area contributed by atoms with Crippen LogP contribution in [0.1, 0.15) is 10.4 Å². The maximum atomic E-state index is 10.8. The fraction of sp³-hybridized carbons (Fsp3) is 0.0714. The minimum atomic E-state index is -0.246. The van der Waals surface area contributed by atoms with Crippen molar-refractivity contribution in [1.82, 2.24) is 0 Å². The molecule has 0 aromatic heterocycles. The summed E-state index contributed by atoms with van der Waals surface area (Å²) >= 11 is 3.36. The third-order valence-corrected chi connectivity index (χ3v) is 3.17. The van der Waals surface area contributed by atoms with E-state index in [2.05, 4.69) is 15.9 Å². The molecule has 1 unspecified atom stereocenters. The molecule has 0 saturated heterocycles. The number of rotatable bonds is 3. The van der Waals surface area contributed by atoms with Crippen LogP contribution in [0.4, 0.5) is 0 Å². The van der Waals surface area contributed by atoms with Crippen LogP contribution in [0.2, 0.25) is 0 Å². The average Bonchev–Trinajstić information content (AvgIpc) is 2.39. The molecule has 0 fully saturated rings. The lowest BCUT2D eigenvalue weighted by atomic mass is 9.98. The lowest BCUT2D eigenvalue weighted by Crippen LogP contribution is -1.94. The van der Waals surface area contributed by atoms with E-state index in [1.54, 1.807) is 0 Å². The Labute approximate surface area is 103 Å². The van der Waals surface area contributed by atoms with Crippen molar-refractivity contribution in [2.24, 2.45) is 0 Å². The molecule has 16 heavy (non-hydrogen) atoms. The number of benzene rings is 2. The van der Waals surface area contributed by atoms with Gasteiger partial charge in [0.25, 0.3) is 0 Å². The van der Waals surface area contributed by atoms with E-state index in [1.165, 1.54) is 0 Å². The summed E-state index contributed by atoms with van der Waals surface area (Å²) in [5.41, 5.74) is 3.23. The second-order valence-electron chi connectivity index (χ2n) is 3.49. The van der Waals surface area contributed by atoms with Crippen LogP contribution in [0.25, 0.3) is 11.1 Å². The molecular weight excluding hydrogens is 264 g/mol. The number of aldehydes is 1. The quantitative estimate of drug-likeness (QED) is 0.611. The molecule has 0 aliphatic heterocycles. The number of carbonyl (C=O) groups is 1. The Balaban J connectivity index is 2.53. The highest BCUT2D eigenvalue weighted by Gasteiger charge is 2.11. The molecule has 0 aliphatic carbocycles. The second kappa shape index (κ2) is 5.08. The molecule has 0 spiro atoms. The largest absolute Gasteiger partial charge is 0.302 e. The number of hydrogen-bond donors (Lipinski definition) is 0. The van der Waals surface area contributed by atoms with Crippen molar-refractivity contribution in [2.45, 2.75) is 4.83 Å². The molecule has 80 valence electrons. The lowest BCUT2D eigenvalue weighted by Gasteiger charge is -2.10. The standard InChI is InChI=1S/C14H11BrO/c15-14(10-16)13-9-5-4-8-12(13)11-6-2-1-3-7-11/h1-10,14H. The summed E-state index contributed by atoms with van der Waals surface area (Å²) in [6, 6.07) is 18.0. The topological polar surface area (TPSA) is 17.1 Å². The predicted molar refractivity (Wildman–Crippen MR) is 69.6 cm³/mol. The minimum absolute atomic E-state index is 0.246. The molecule has 0 N–H and O–H groups in total. The van der Waals surface area contributed by atoms with Crippen molar-refractivity contribution >= 4 is 22.2 Å². The SMILES string of the molecule is O=CC(Br)c1ccccc1-c1ccccc1. The Kier molecular flexibility index (Phi) is 3.52. The molecule has 0 bridgehead atoms. The summed E-state index contributed by atoms with van der Waals surface area (Å²) in [6.07, 6.45) is 0.905. The molecule has 2 rings (SSSR count). The van der Waals surface area contributed by atoms with Crippen molar-refractivity contribution in [2.75, 3.05) is 0 Å². The van der Waals surface area contributed by atoms with Gasteiger partial charge in [0.1, 0.15) is 6.29 Å². The maximum absolute atomic E-state index is 10.8. The summed E-state index contributed by atoms with van der Waals surface area (Å²) < 4.78 is 0. The Morgan fingerprint density at radius 2 is 1.56 bits per heavy atom. The predicted octanol–water partition coefficient (Wildman–Crippen LogP) is 3.99. The van der Waals surface area contributed by atoms with Gasteiger partial charge in [0.05, 0.1) is 4.83 Å². The van der Waals surface area contributed by atoms with E-state index in [0.717, 1.165) is 23.0 Å². The Morgan fingerprint density at radius 1 is 0.938 bits per heavy atom. The van der Waals surface area contributed by atoms with Gasteiger partial charge in [-0.1, -0.05) is 70.5 Å². The highest BCUT2D eigenvalue weighted by molar-refractivity contribution is 9.09. The van der Waals surface area contributed by atoms with Crippen LogP contribution in [0.15, 0.2) is 54.6 Å². The summed E-state index contributed by atoms with van der Waals surface area (Å²) in [6.45, 7) is 0. The molecule has 1 atom stereocenters. The van der Waals surface area contributed by atoms with Crippen molar-refractivity contribution in [3.8, 4) is 11.1 Å².